The van der Waals surface area contributed by atoms with Crippen LogP contribution >= 0.6 is 0 Å². The summed E-state index contributed by atoms with van der Waals surface area (Å²) in [6.07, 6.45) is 2.92. The molecule has 2 aromatic heterocycles. The molecule has 4 rings (SSSR count). The van der Waals surface area contributed by atoms with Crippen molar-refractivity contribution in [2.24, 2.45) is 0 Å². The molecular weight excluding hydrogens is 414 g/mol. The van der Waals surface area contributed by atoms with Gasteiger partial charge in [-0.15, -0.1) is 0 Å². The number of benzene rings is 1. The van der Waals surface area contributed by atoms with E-state index in [-0.39, 0.29) is 18.4 Å². The van der Waals surface area contributed by atoms with Gasteiger partial charge in [0.05, 0.1) is 19.4 Å². The molecule has 1 atom stereocenters. The average molecular weight is 439 g/mol. The first-order valence-corrected chi connectivity index (χ1v) is 10.3. The summed E-state index contributed by atoms with van der Waals surface area (Å²) in [5.74, 6) is 0.193. The maximum atomic E-state index is 12.3. The van der Waals surface area contributed by atoms with Crippen LogP contribution in [-0.2, 0) is 9.59 Å². The molecule has 1 aliphatic rings. The number of hydrogen-bond acceptors (Lipinski definition) is 8. The van der Waals surface area contributed by atoms with Crippen LogP contribution in [0.15, 0.2) is 63.9 Å². The number of methoxy groups -OCH3 is 1. The zero-order valence-corrected chi connectivity index (χ0v) is 17.7. The molecule has 0 radical (unpaired) electrons. The fourth-order valence-electron chi connectivity index (χ4n) is 3.70. The highest BCUT2D eigenvalue weighted by atomic mass is 16.5. The third kappa shape index (κ3) is 5.09. The number of furan rings is 1. The summed E-state index contributed by atoms with van der Waals surface area (Å²) in [7, 11) is 1.65. The van der Waals surface area contributed by atoms with Gasteiger partial charge in [0, 0.05) is 44.5 Å². The minimum Gasteiger partial charge on any atom is -0.497 e. The van der Waals surface area contributed by atoms with Crippen LogP contribution in [-0.4, -0.2) is 61.7 Å². The van der Waals surface area contributed by atoms with E-state index in [2.05, 4.69) is 30.1 Å². The number of carbonyl (C=O) groups excluding carboxylic acids is 2. The summed E-state index contributed by atoms with van der Waals surface area (Å²) in [5.41, 5.74) is 1.14. The maximum Gasteiger partial charge on any atom is 0.314 e. The van der Waals surface area contributed by atoms with Crippen molar-refractivity contribution in [2.75, 3.05) is 50.1 Å². The van der Waals surface area contributed by atoms with Crippen molar-refractivity contribution >= 4 is 23.3 Å². The third-order valence-electron chi connectivity index (χ3n) is 5.41. The number of piperazine rings is 1. The van der Waals surface area contributed by atoms with Crippen LogP contribution < -0.4 is 20.3 Å². The molecule has 1 aliphatic heterocycles. The molecule has 10 heteroatoms. The van der Waals surface area contributed by atoms with Gasteiger partial charge < -0.3 is 23.9 Å². The van der Waals surface area contributed by atoms with Gasteiger partial charge in [0.25, 0.3) is 0 Å². The van der Waals surface area contributed by atoms with E-state index in [1.807, 2.05) is 36.4 Å². The number of amides is 2. The van der Waals surface area contributed by atoms with E-state index in [4.69, 9.17) is 9.15 Å². The van der Waals surface area contributed by atoms with Gasteiger partial charge in [-0.2, -0.15) is 0 Å². The summed E-state index contributed by atoms with van der Waals surface area (Å²) < 4.78 is 15.5. The monoisotopic (exact) mass is 439 g/mol. The van der Waals surface area contributed by atoms with Crippen LogP contribution in [0.2, 0.25) is 0 Å². The van der Waals surface area contributed by atoms with Crippen molar-refractivity contribution in [2.45, 2.75) is 6.04 Å². The summed E-state index contributed by atoms with van der Waals surface area (Å²) in [6.45, 7) is 3.44. The third-order valence-corrected chi connectivity index (χ3v) is 5.41. The quantitative estimate of drug-likeness (QED) is 0.537. The number of nitrogens with one attached hydrogen (secondary N) is 2. The lowest BCUT2D eigenvalue weighted by atomic mass is 10.1. The van der Waals surface area contributed by atoms with Gasteiger partial charge in [-0.25, -0.2) is 0 Å². The zero-order valence-electron chi connectivity index (χ0n) is 17.7. The second kappa shape index (κ2) is 10.0. The van der Waals surface area contributed by atoms with E-state index in [1.165, 1.54) is 12.3 Å². The van der Waals surface area contributed by atoms with E-state index in [0.717, 1.165) is 43.4 Å². The fraction of sp³-hybridized carbons (Fsp3) is 0.318. The van der Waals surface area contributed by atoms with Gasteiger partial charge in [-0.1, -0.05) is 5.16 Å². The Kier molecular flexibility index (Phi) is 6.71. The molecule has 0 saturated carbocycles. The Morgan fingerprint density at radius 1 is 1.06 bits per heavy atom. The topological polar surface area (TPSA) is 113 Å². The Bertz CT molecular complexity index is 996. The molecule has 2 N–H and O–H groups in total. The van der Waals surface area contributed by atoms with Crippen LogP contribution in [0.5, 0.6) is 5.75 Å². The summed E-state index contributed by atoms with van der Waals surface area (Å²) >= 11 is 0. The molecule has 0 bridgehead atoms. The van der Waals surface area contributed by atoms with Crippen LogP contribution in [0.25, 0.3) is 0 Å². The molecule has 1 fully saturated rings. The largest absolute Gasteiger partial charge is 0.497 e. The molecule has 3 heterocycles. The number of rotatable bonds is 7. The molecular formula is C22H25N5O5. The molecule has 168 valence electrons. The van der Waals surface area contributed by atoms with Crippen molar-refractivity contribution in [1.29, 1.82) is 0 Å². The zero-order chi connectivity index (χ0) is 22.3. The smallest absolute Gasteiger partial charge is 0.314 e. The Morgan fingerprint density at radius 3 is 2.47 bits per heavy atom. The lowest BCUT2D eigenvalue weighted by Gasteiger charge is -2.39. The van der Waals surface area contributed by atoms with Gasteiger partial charge in [0.15, 0.2) is 5.82 Å². The average Bonchev–Trinajstić information content (AvgIpc) is 3.54. The molecule has 1 aromatic carbocycles. The minimum absolute atomic E-state index is 0.183. The van der Waals surface area contributed by atoms with Crippen molar-refractivity contribution in [3.8, 4) is 5.75 Å². The summed E-state index contributed by atoms with van der Waals surface area (Å²) in [5, 5.41) is 8.65. The van der Waals surface area contributed by atoms with E-state index in [1.54, 1.807) is 13.4 Å². The van der Waals surface area contributed by atoms with Crippen molar-refractivity contribution in [3.63, 3.8) is 0 Å². The van der Waals surface area contributed by atoms with Gasteiger partial charge in [0.1, 0.15) is 17.8 Å². The van der Waals surface area contributed by atoms with Crippen molar-refractivity contribution < 1.29 is 23.3 Å². The van der Waals surface area contributed by atoms with Gasteiger partial charge in [-0.3, -0.25) is 19.8 Å². The lowest BCUT2D eigenvalue weighted by molar-refractivity contribution is -0.136. The Balaban J connectivity index is 1.35. The highest BCUT2D eigenvalue weighted by Crippen LogP contribution is 2.25. The van der Waals surface area contributed by atoms with Gasteiger partial charge in [-0.05, 0) is 36.4 Å². The number of hydrogen-bond donors (Lipinski definition) is 2. The Labute approximate surface area is 185 Å². The Morgan fingerprint density at radius 2 is 1.84 bits per heavy atom. The predicted octanol–water partition coefficient (Wildman–Crippen LogP) is 1.89. The van der Waals surface area contributed by atoms with E-state index in [0.29, 0.717) is 0 Å². The first kappa shape index (κ1) is 21.4. The number of anilines is 2. The van der Waals surface area contributed by atoms with Crippen molar-refractivity contribution in [1.82, 2.24) is 15.4 Å². The predicted molar refractivity (Wildman–Crippen MR) is 116 cm³/mol. The number of carbonyl (C=O) groups is 2. The normalized spacial score (nSPS) is 15.2. The van der Waals surface area contributed by atoms with Crippen molar-refractivity contribution in [3.05, 3.63) is 60.8 Å². The fourth-order valence-corrected chi connectivity index (χ4v) is 3.70. The number of aromatic nitrogens is 1. The molecule has 0 spiro atoms. The van der Waals surface area contributed by atoms with Crippen LogP contribution in [0.4, 0.5) is 11.5 Å². The SMILES string of the molecule is COc1ccc(N2CCN([C@H](CNC(=O)C(=O)Nc3ccon3)c3ccco3)CC2)cc1. The lowest BCUT2D eigenvalue weighted by Crippen LogP contribution is -2.50. The highest BCUT2D eigenvalue weighted by molar-refractivity contribution is 6.39. The van der Waals surface area contributed by atoms with Gasteiger partial charge in [0.2, 0.25) is 0 Å². The molecule has 0 aliphatic carbocycles. The van der Waals surface area contributed by atoms with Crippen LogP contribution in [0, 0.1) is 0 Å². The molecule has 3 aromatic rings. The number of ether oxygens (including phenoxy) is 1. The Hall–Kier alpha value is -3.79. The van der Waals surface area contributed by atoms with Gasteiger partial charge >= 0.3 is 11.8 Å². The number of nitrogens with zero attached hydrogens (tertiary/aromatic N) is 3. The van der Waals surface area contributed by atoms with E-state index in [9.17, 15) is 9.59 Å². The second-order valence-electron chi connectivity index (χ2n) is 7.30. The van der Waals surface area contributed by atoms with Crippen LogP contribution in [0.1, 0.15) is 11.8 Å². The molecule has 2 amide bonds. The molecule has 10 nitrogen and oxygen atoms in total. The van der Waals surface area contributed by atoms with Crippen LogP contribution in [0.3, 0.4) is 0 Å². The molecule has 0 unspecified atom stereocenters. The minimum atomic E-state index is -0.804. The van der Waals surface area contributed by atoms with E-state index < -0.39 is 11.8 Å². The van der Waals surface area contributed by atoms with E-state index >= 15 is 0 Å². The summed E-state index contributed by atoms with van der Waals surface area (Å²) in [6, 6.07) is 13.0. The second-order valence-corrected chi connectivity index (χ2v) is 7.30. The summed E-state index contributed by atoms with van der Waals surface area (Å²) in [4.78, 5) is 28.9. The maximum absolute atomic E-state index is 12.3. The highest BCUT2D eigenvalue weighted by Gasteiger charge is 2.28. The molecule has 1 saturated heterocycles. The molecule has 32 heavy (non-hydrogen) atoms. The first-order valence-electron chi connectivity index (χ1n) is 10.3. The standard InChI is InChI=1S/C22H25N5O5/c1-30-17-6-4-16(5-7-17)26-9-11-27(12-10-26)18(19-3-2-13-31-19)15-23-21(28)22(29)24-20-8-14-32-25-20/h2-8,13-14,18H,9-12,15H2,1H3,(H,23,28)(H,24,25,29)/t18-/m1/s1. The first-order chi connectivity index (χ1) is 15.6.